The van der Waals surface area contributed by atoms with E-state index in [1.165, 1.54) is 0 Å². The molecule has 0 radical (unpaired) electrons. The number of hydrogen-bond donors (Lipinski definition) is 2. The van der Waals surface area contributed by atoms with Gasteiger partial charge in [-0.15, -0.1) is 0 Å². The predicted molar refractivity (Wildman–Crippen MR) is 32.1 cm³/mol. The van der Waals surface area contributed by atoms with Crippen molar-refractivity contribution in [2.75, 3.05) is 13.3 Å². The van der Waals surface area contributed by atoms with Crippen molar-refractivity contribution in [1.29, 1.82) is 0 Å². The number of amides is 1. The number of rotatable bonds is 4. The lowest BCUT2D eigenvalue weighted by Crippen LogP contribution is -2.26. The van der Waals surface area contributed by atoms with E-state index in [-0.39, 0.29) is 6.42 Å². The van der Waals surface area contributed by atoms with Gasteiger partial charge in [-0.1, -0.05) is 0 Å². The Balaban J connectivity index is 3.49. The van der Waals surface area contributed by atoms with Crippen molar-refractivity contribution in [3.05, 3.63) is 0 Å². The summed E-state index contributed by atoms with van der Waals surface area (Å²) in [5.74, 6) is 0. The minimum absolute atomic E-state index is 0.0144. The minimum Gasteiger partial charge on any atom is -0.444 e. The lowest BCUT2D eigenvalue weighted by Gasteiger charge is -2.10. The highest BCUT2D eigenvalue weighted by molar-refractivity contribution is 5.64. The summed E-state index contributed by atoms with van der Waals surface area (Å²) in [7, 11) is 0. The Bertz CT molecular complexity index is 109. The Hall–Kier alpha value is -0.840. The molecule has 1 amide bonds. The normalized spacial score (nSPS) is 12.6. The SMILES string of the molecule is NC(=O)OC(CO)CCF. The van der Waals surface area contributed by atoms with E-state index in [1.807, 2.05) is 0 Å². The van der Waals surface area contributed by atoms with Gasteiger partial charge < -0.3 is 15.6 Å². The standard InChI is InChI=1S/C5H10FNO3/c6-2-1-4(3-8)10-5(7)9/h4,8H,1-3H2,(H2,7,9). The molecule has 4 nitrogen and oxygen atoms in total. The number of aliphatic hydroxyl groups is 1. The molecule has 0 bridgehead atoms. The molecule has 5 heteroatoms. The number of carbonyl (C=O) groups is 1. The molecule has 0 aromatic heterocycles. The molecule has 3 N–H and O–H groups in total. The molecule has 60 valence electrons. The fourth-order valence-corrected chi connectivity index (χ4v) is 0.473. The number of ether oxygens (including phenoxy) is 1. The molecule has 0 spiro atoms. The van der Waals surface area contributed by atoms with Crippen molar-refractivity contribution in [1.82, 2.24) is 0 Å². The van der Waals surface area contributed by atoms with Gasteiger partial charge in [0.25, 0.3) is 0 Å². The van der Waals surface area contributed by atoms with E-state index >= 15 is 0 Å². The molecule has 1 unspecified atom stereocenters. The quantitative estimate of drug-likeness (QED) is 0.584. The average molecular weight is 151 g/mol. The second kappa shape index (κ2) is 4.99. The van der Waals surface area contributed by atoms with Gasteiger partial charge in [0.15, 0.2) is 0 Å². The zero-order chi connectivity index (χ0) is 7.98. The molecule has 0 aliphatic rings. The molecule has 1 atom stereocenters. The van der Waals surface area contributed by atoms with E-state index in [9.17, 15) is 9.18 Å². The highest BCUT2D eigenvalue weighted by Crippen LogP contribution is 1.97. The van der Waals surface area contributed by atoms with Gasteiger partial charge in [0.1, 0.15) is 6.10 Å². The largest absolute Gasteiger partial charge is 0.444 e. The van der Waals surface area contributed by atoms with E-state index in [4.69, 9.17) is 5.11 Å². The zero-order valence-corrected chi connectivity index (χ0v) is 5.42. The fraction of sp³-hybridized carbons (Fsp3) is 0.800. The van der Waals surface area contributed by atoms with Gasteiger partial charge in [0, 0.05) is 6.42 Å². The Morgan fingerprint density at radius 3 is 2.70 bits per heavy atom. The minimum atomic E-state index is -0.993. The molecule has 0 heterocycles. The van der Waals surface area contributed by atoms with Crippen molar-refractivity contribution < 1.29 is 19.0 Å². The molecular formula is C5H10FNO3. The summed E-state index contributed by atoms with van der Waals surface area (Å²) in [4.78, 5) is 10.0. The molecule has 0 fully saturated rings. The van der Waals surface area contributed by atoms with E-state index in [2.05, 4.69) is 10.5 Å². The van der Waals surface area contributed by atoms with Crippen LogP contribution in [0, 0.1) is 0 Å². The molecule has 0 aliphatic carbocycles. The van der Waals surface area contributed by atoms with Gasteiger partial charge in [-0.2, -0.15) is 0 Å². The third-order valence-corrected chi connectivity index (χ3v) is 0.918. The second-order valence-corrected chi connectivity index (χ2v) is 1.72. The zero-order valence-electron chi connectivity index (χ0n) is 5.42. The molecule has 0 aromatic rings. The van der Waals surface area contributed by atoms with Crippen LogP contribution in [0.5, 0.6) is 0 Å². The predicted octanol–water partition coefficient (Wildman–Crippen LogP) is -0.198. The molecule has 0 saturated carbocycles. The third-order valence-electron chi connectivity index (χ3n) is 0.918. The van der Waals surface area contributed by atoms with E-state index in [1.54, 1.807) is 0 Å². The van der Waals surface area contributed by atoms with Crippen LogP contribution in [-0.4, -0.2) is 30.6 Å². The van der Waals surface area contributed by atoms with Crippen LogP contribution in [0.1, 0.15) is 6.42 Å². The lowest BCUT2D eigenvalue weighted by molar-refractivity contribution is 0.0547. The molecular weight excluding hydrogens is 141 g/mol. The van der Waals surface area contributed by atoms with E-state index in [0.29, 0.717) is 0 Å². The number of carbonyl (C=O) groups excluding carboxylic acids is 1. The van der Waals surface area contributed by atoms with Gasteiger partial charge in [-0.3, -0.25) is 4.39 Å². The van der Waals surface area contributed by atoms with Gasteiger partial charge in [0.05, 0.1) is 13.3 Å². The maximum absolute atomic E-state index is 11.5. The van der Waals surface area contributed by atoms with Crippen LogP contribution in [0.4, 0.5) is 9.18 Å². The van der Waals surface area contributed by atoms with Crippen molar-refractivity contribution in [2.24, 2.45) is 5.73 Å². The van der Waals surface area contributed by atoms with Crippen LogP contribution in [0.15, 0.2) is 0 Å². The van der Waals surface area contributed by atoms with E-state index in [0.717, 1.165) is 0 Å². The van der Waals surface area contributed by atoms with Crippen molar-refractivity contribution >= 4 is 6.09 Å². The molecule has 10 heavy (non-hydrogen) atoms. The fourth-order valence-electron chi connectivity index (χ4n) is 0.473. The Labute approximate surface area is 57.8 Å². The van der Waals surface area contributed by atoms with Gasteiger partial charge in [0.2, 0.25) is 0 Å². The first-order valence-electron chi connectivity index (χ1n) is 2.83. The third kappa shape index (κ3) is 4.08. The number of nitrogens with two attached hydrogens (primary N) is 1. The summed E-state index contributed by atoms with van der Waals surface area (Å²) in [5, 5.41) is 8.41. The first-order valence-corrected chi connectivity index (χ1v) is 2.83. The summed E-state index contributed by atoms with van der Waals surface area (Å²) in [5.41, 5.74) is 4.60. The van der Waals surface area contributed by atoms with Crippen molar-refractivity contribution in [3.8, 4) is 0 Å². The number of primary amides is 1. The summed E-state index contributed by atoms with van der Waals surface area (Å²) in [6.45, 7) is -1.04. The highest BCUT2D eigenvalue weighted by atomic mass is 19.1. The Kier molecular flexibility index (Phi) is 4.57. The number of hydrogen-bond acceptors (Lipinski definition) is 3. The summed E-state index contributed by atoms with van der Waals surface area (Å²) in [6.07, 6.45) is -1.81. The van der Waals surface area contributed by atoms with Crippen molar-refractivity contribution in [3.63, 3.8) is 0 Å². The summed E-state index contributed by atoms with van der Waals surface area (Å²) in [6, 6.07) is 0. The van der Waals surface area contributed by atoms with Crippen LogP contribution >= 0.6 is 0 Å². The lowest BCUT2D eigenvalue weighted by atomic mass is 10.3. The first-order chi connectivity index (χ1) is 4.70. The molecule has 0 rings (SSSR count). The maximum atomic E-state index is 11.5. The highest BCUT2D eigenvalue weighted by Gasteiger charge is 2.09. The van der Waals surface area contributed by atoms with Crippen LogP contribution in [0.3, 0.4) is 0 Å². The monoisotopic (exact) mass is 151 g/mol. The number of halogens is 1. The van der Waals surface area contributed by atoms with Gasteiger partial charge in [-0.05, 0) is 0 Å². The van der Waals surface area contributed by atoms with Crippen LogP contribution in [0.2, 0.25) is 0 Å². The van der Waals surface area contributed by atoms with Crippen LogP contribution in [-0.2, 0) is 4.74 Å². The van der Waals surface area contributed by atoms with E-state index < -0.39 is 25.5 Å². The van der Waals surface area contributed by atoms with Crippen molar-refractivity contribution in [2.45, 2.75) is 12.5 Å². The van der Waals surface area contributed by atoms with Gasteiger partial charge in [-0.25, -0.2) is 4.79 Å². The summed E-state index contributed by atoms with van der Waals surface area (Å²) >= 11 is 0. The number of aliphatic hydroxyl groups excluding tert-OH is 1. The van der Waals surface area contributed by atoms with Crippen LogP contribution in [0.25, 0.3) is 0 Å². The summed E-state index contributed by atoms with van der Waals surface area (Å²) < 4.78 is 15.8. The Morgan fingerprint density at radius 1 is 1.80 bits per heavy atom. The Morgan fingerprint density at radius 2 is 2.40 bits per heavy atom. The average Bonchev–Trinajstić information content (AvgIpc) is 1.86. The second-order valence-electron chi connectivity index (χ2n) is 1.72. The van der Waals surface area contributed by atoms with Crippen LogP contribution < -0.4 is 5.73 Å². The maximum Gasteiger partial charge on any atom is 0.404 e. The molecule has 0 saturated heterocycles. The van der Waals surface area contributed by atoms with Gasteiger partial charge >= 0.3 is 6.09 Å². The topological polar surface area (TPSA) is 72.6 Å². The molecule has 0 aliphatic heterocycles. The first kappa shape index (κ1) is 9.16. The number of alkyl halides is 1. The molecule has 0 aromatic carbocycles. The smallest absolute Gasteiger partial charge is 0.404 e.